The maximum absolute atomic E-state index is 14.1. The summed E-state index contributed by atoms with van der Waals surface area (Å²) in [6.07, 6.45) is 12.4. The van der Waals surface area contributed by atoms with Crippen molar-refractivity contribution in [3.8, 4) is 18.6 Å². The average molecular weight is 370 g/mol. The van der Waals surface area contributed by atoms with E-state index in [-0.39, 0.29) is 11.7 Å². The lowest BCUT2D eigenvalue weighted by Crippen LogP contribution is -2.11. The van der Waals surface area contributed by atoms with Crippen molar-refractivity contribution in [2.24, 2.45) is 0 Å². The Balaban J connectivity index is 0.00000126. The van der Waals surface area contributed by atoms with Crippen LogP contribution in [0.3, 0.4) is 0 Å². The number of ether oxygens (including phenoxy) is 1. The topological polar surface area (TPSA) is 81.6 Å². The van der Waals surface area contributed by atoms with Crippen LogP contribution in [0.15, 0.2) is 24.9 Å². The van der Waals surface area contributed by atoms with E-state index >= 15 is 0 Å². The first kappa shape index (κ1) is 20.0. The molecule has 0 saturated carbocycles. The first-order chi connectivity index (χ1) is 13.0. The van der Waals surface area contributed by atoms with Crippen molar-refractivity contribution in [3.63, 3.8) is 0 Å². The number of nitrogens with two attached hydrogens (primary N) is 1. The summed E-state index contributed by atoms with van der Waals surface area (Å²) in [6, 6.07) is 2.87. The van der Waals surface area contributed by atoms with Crippen LogP contribution < -0.4 is 10.5 Å². The van der Waals surface area contributed by atoms with Crippen molar-refractivity contribution in [2.75, 3.05) is 26.4 Å². The van der Waals surface area contributed by atoms with Crippen LogP contribution in [0.1, 0.15) is 18.7 Å². The third kappa shape index (κ3) is 4.26. The van der Waals surface area contributed by atoms with E-state index in [2.05, 4.69) is 34.5 Å². The highest BCUT2D eigenvalue weighted by Gasteiger charge is 2.15. The summed E-state index contributed by atoms with van der Waals surface area (Å²) >= 11 is 0. The second-order valence-electron chi connectivity index (χ2n) is 5.86. The van der Waals surface area contributed by atoms with Gasteiger partial charge in [0.05, 0.1) is 12.6 Å². The molecule has 0 saturated heterocycles. The van der Waals surface area contributed by atoms with Crippen LogP contribution in [0, 0.1) is 18.7 Å². The number of hydrogen-bond donors (Lipinski definition) is 1. The zero-order valence-corrected chi connectivity index (χ0v) is 15.5. The first-order valence-electron chi connectivity index (χ1n) is 8.38. The van der Waals surface area contributed by atoms with E-state index in [1.165, 1.54) is 23.8 Å². The Morgan fingerprint density at radius 2 is 2.07 bits per heavy atom. The van der Waals surface area contributed by atoms with E-state index in [0.717, 1.165) is 19.4 Å². The van der Waals surface area contributed by atoms with Gasteiger partial charge in [-0.2, -0.15) is 4.52 Å². The SMILES string of the molecule is C#C.C=CN(C)CCCCc1nc2c3cc(F)c(OC)cc3nc(N)n2n1. The molecule has 2 heterocycles. The molecule has 0 radical (unpaired) electrons. The number of nitrogens with zero attached hydrogens (tertiary/aromatic N) is 5. The van der Waals surface area contributed by atoms with Crippen molar-refractivity contribution in [2.45, 2.75) is 19.3 Å². The van der Waals surface area contributed by atoms with E-state index in [1.807, 2.05) is 11.9 Å². The van der Waals surface area contributed by atoms with E-state index in [9.17, 15) is 4.39 Å². The van der Waals surface area contributed by atoms with Crippen LogP contribution in [0.2, 0.25) is 0 Å². The van der Waals surface area contributed by atoms with E-state index in [0.29, 0.717) is 28.8 Å². The molecule has 0 bridgehead atoms. The van der Waals surface area contributed by atoms with Crippen LogP contribution in [-0.4, -0.2) is 45.2 Å². The number of nitrogen functional groups attached to an aromatic ring is 1. The summed E-state index contributed by atoms with van der Waals surface area (Å²) in [7, 11) is 3.39. The number of aromatic nitrogens is 4. The number of unbranched alkanes of at least 4 members (excludes halogenated alkanes) is 1. The van der Waals surface area contributed by atoms with Crippen LogP contribution in [0.5, 0.6) is 5.75 Å². The molecule has 2 aromatic heterocycles. The molecule has 0 atom stereocenters. The van der Waals surface area contributed by atoms with Crippen LogP contribution in [0.4, 0.5) is 10.3 Å². The highest BCUT2D eigenvalue weighted by atomic mass is 19.1. The summed E-state index contributed by atoms with van der Waals surface area (Å²) in [4.78, 5) is 10.8. The number of methoxy groups -OCH3 is 1. The number of anilines is 1. The minimum atomic E-state index is -0.472. The molecule has 3 aromatic rings. The van der Waals surface area contributed by atoms with Crippen LogP contribution in [0.25, 0.3) is 16.6 Å². The fourth-order valence-corrected chi connectivity index (χ4v) is 2.67. The zero-order chi connectivity index (χ0) is 20.0. The van der Waals surface area contributed by atoms with Gasteiger partial charge in [0.1, 0.15) is 0 Å². The predicted molar refractivity (Wildman–Crippen MR) is 105 cm³/mol. The fourth-order valence-electron chi connectivity index (χ4n) is 2.67. The number of fused-ring (bicyclic) bond motifs is 3. The van der Waals surface area contributed by atoms with Gasteiger partial charge in [-0.15, -0.1) is 17.9 Å². The third-order valence-corrected chi connectivity index (χ3v) is 4.09. The summed E-state index contributed by atoms with van der Waals surface area (Å²) in [5.41, 5.74) is 7.00. The zero-order valence-electron chi connectivity index (χ0n) is 15.5. The van der Waals surface area contributed by atoms with Gasteiger partial charge in [-0.25, -0.2) is 14.4 Å². The molecular formula is C19H23FN6O. The lowest BCUT2D eigenvalue weighted by atomic mass is 10.2. The minimum absolute atomic E-state index is 0.120. The number of hydrogen-bond acceptors (Lipinski definition) is 6. The average Bonchev–Trinajstić information content (AvgIpc) is 3.12. The van der Waals surface area contributed by atoms with Crippen LogP contribution >= 0.6 is 0 Å². The van der Waals surface area contributed by atoms with Crippen molar-refractivity contribution >= 4 is 22.5 Å². The predicted octanol–water partition coefficient (Wildman–Crippen LogP) is 2.65. The van der Waals surface area contributed by atoms with Gasteiger partial charge in [-0.1, -0.05) is 6.58 Å². The Morgan fingerprint density at radius 3 is 2.74 bits per heavy atom. The maximum Gasteiger partial charge on any atom is 0.223 e. The van der Waals surface area contributed by atoms with Gasteiger partial charge in [-0.3, -0.25) is 0 Å². The molecule has 27 heavy (non-hydrogen) atoms. The van der Waals surface area contributed by atoms with Crippen molar-refractivity contribution in [3.05, 3.63) is 36.6 Å². The third-order valence-electron chi connectivity index (χ3n) is 4.09. The number of halogens is 1. The maximum atomic E-state index is 14.1. The van der Waals surface area contributed by atoms with Gasteiger partial charge in [0.25, 0.3) is 0 Å². The Morgan fingerprint density at radius 1 is 1.33 bits per heavy atom. The van der Waals surface area contributed by atoms with Gasteiger partial charge in [-0.05, 0) is 25.1 Å². The molecular weight excluding hydrogens is 347 g/mol. The number of aryl methyl sites for hydroxylation is 1. The highest BCUT2D eigenvalue weighted by Crippen LogP contribution is 2.27. The van der Waals surface area contributed by atoms with Crippen LogP contribution in [-0.2, 0) is 6.42 Å². The van der Waals surface area contributed by atoms with E-state index in [1.54, 1.807) is 6.20 Å². The van der Waals surface area contributed by atoms with Gasteiger partial charge in [0.2, 0.25) is 5.95 Å². The molecule has 8 heteroatoms. The summed E-state index contributed by atoms with van der Waals surface area (Å²) in [5, 5.41) is 4.96. The molecule has 7 nitrogen and oxygen atoms in total. The molecule has 3 rings (SSSR count). The fraction of sp³-hybridized carbons (Fsp3) is 0.316. The molecule has 0 amide bonds. The molecule has 142 valence electrons. The quantitative estimate of drug-likeness (QED) is 0.509. The summed E-state index contributed by atoms with van der Waals surface area (Å²) < 4.78 is 20.5. The van der Waals surface area contributed by atoms with E-state index < -0.39 is 5.82 Å². The van der Waals surface area contributed by atoms with Gasteiger partial charge in [0, 0.05) is 31.5 Å². The number of benzene rings is 1. The minimum Gasteiger partial charge on any atom is -0.494 e. The lowest BCUT2D eigenvalue weighted by molar-refractivity contribution is 0.387. The summed E-state index contributed by atoms with van der Waals surface area (Å²) in [5.74, 6) is 0.523. The van der Waals surface area contributed by atoms with Gasteiger partial charge in [0.15, 0.2) is 23.0 Å². The largest absolute Gasteiger partial charge is 0.494 e. The van der Waals surface area contributed by atoms with Gasteiger partial charge < -0.3 is 15.4 Å². The molecule has 0 spiro atoms. The standard InChI is InChI=1S/C17H21FN6O.C2H2/c1-4-23(2)8-6-5-7-15-21-16-11-9-12(18)14(25-3)10-13(11)20-17(19)24(16)22-15;1-2/h4,9-10H,1,5-8H2,2-3H3,(H2,19,20);1-2H. The Bertz CT molecular complexity index is 965. The highest BCUT2D eigenvalue weighted by molar-refractivity contribution is 5.93. The lowest BCUT2D eigenvalue weighted by Gasteiger charge is -2.11. The number of rotatable bonds is 7. The monoisotopic (exact) mass is 370 g/mol. The first-order valence-corrected chi connectivity index (χ1v) is 8.38. The van der Waals surface area contributed by atoms with Crippen molar-refractivity contribution < 1.29 is 9.13 Å². The Labute approximate surface area is 157 Å². The number of terminal acetylenes is 1. The van der Waals surface area contributed by atoms with Crippen molar-refractivity contribution in [1.29, 1.82) is 0 Å². The second-order valence-corrected chi connectivity index (χ2v) is 5.86. The Hall–Kier alpha value is -3.34. The van der Waals surface area contributed by atoms with Gasteiger partial charge >= 0.3 is 0 Å². The molecule has 1 aromatic carbocycles. The second kappa shape index (κ2) is 8.85. The molecule has 2 N–H and O–H groups in total. The normalized spacial score (nSPS) is 10.4. The molecule has 0 unspecified atom stereocenters. The molecule has 0 aliphatic rings. The smallest absolute Gasteiger partial charge is 0.223 e. The van der Waals surface area contributed by atoms with Crippen molar-refractivity contribution in [1.82, 2.24) is 24.5 Å². The Kier molecular flexibility index (Phi) is 6.55. The molecule has 0 aliphatic heterocycles. The summed E-state index contributed by atoms with van der Waals surface area (Å²) in [6.45, 7) is 4.65. The molecule has 0 fully saturated rings. The van der Waals surface area contributed by atoms with E-state index in [4.69, 9.17) is 10.5 Å². The molecule has 0 aliphatic carbocycles.